The predicted octanol–water partition coefficient (Wildman–Crippen LogP) is 3.34. The molecular weight excluding hydrogens is 270 g/mol. The summed E-state index contributed by atoms with van der Waals surface area (Å²) >= 11 is 6.18. The molecule has 0 spiro atoms. The Bertz CT molecular complexity index is 491. The van der Waals surface area contributed by atoms with Crippen molar-refractivity contribution in [1.82, 2.24) is 10.2 Å². The first kappa shape index (κ1) is 15.2. The first-order valence-corrected chi connectivity index (χ1v) is 7.51. The van der Waals surface area contributed by atoms with Crippen LogP contribution >= 0.6 is 11.6 Å². The number of aryl methyl sites for hydroxylation is 1. The molecule has 0 radical (unpaired) electrons. The van der Waals surface area contributed by atoms with Gasteiger partial charge in [0, 0.05) is 35.1 Å². The van der Waals surface area contributed by atoms with E-state index in [1.165, 1.54) is 0 Å². The summed E-state index contributed by atoms with van der Waals surface area (Å²) in [5, 5.41) is 7.57. The van der Waals surface area contributed by atoms with Gasteiger partial charge < -0.3 is 15.5 Å². The molecule has 1 aromatic rings. The maximum Gasteiger partial charge on any atom is 0.0462 e. The Balaban J connectivity index is 2.13. The molecule has 1 fully saturated rings. The number of hydrogen-bond acceptors (Lipinski definition) is 3. The molecule has 4 heteroatoms. The zero-order chi connectivity index (χ0) is 14.7. The fourth-order valence-electron chi connectivity index (χ4n) is 2.79. The zero-order valence-electron chi connectivity index (χ0n) is 12.6. The van der Waals surface area contributed by atoms with Crippen LogP contribution in [0.2, 0.25) is 5.02 Å². The number of halogens is 1. The number of nitrogens with zero attached hydrogens (tertiary/aromatic N) is 1. The zero-order valence-corrected chi connectivity index (χ0v) is 13.3. The summed E-state index contributed by atoms with van der Waals surface area (Å²) < 4.78 is 0. The summed E-state index contributed by atoms with van der Waals surface area (Å²) in [5.41, 5.74) is 4.26. The highest BCUT2D eigenvalue weighted by molar-refractivity contribution is 6.31. The molecule has 2 N–H and O–H groups in total. The molecule has 0 aromatic heterocycles. The van der Waals surface area contributed by atoms with E-state index in [1.807, 2.05) is 19.2 Å². The van der Waals surface area contributed by atoms with E-state index in [0.29, 0.717) is 6.04 Å². The number of anilines is 1. The number of nitrogens with one attached hydrogen (secondary N) is 2. The SMILES string of the molecule is C=C(NC1CCN(C)CC1)c1cc(Cl)cc(C)c1NC. The highest BCUT2D eigenvalue weighted by atomic mass is 35.5. The molecule has 2 rings (SSSR count). The third kappa shape index (κ3) is 3.47. The van der Waals surface area contributed by atoms with E-state index in [1.54, 1.807) is 0 Å². The minimum atomic E-state index is 0.502. The number of rotatable bonds is 4. The Morgan fingerprint density at radius 3 is 2.60 bits per heavy atom. The molecular formula is C16H24ClN3. The highest BCUT2D eigenvalue weighted by Gasteiger charge is 2.18. The van der Waals surface area contributed by atoms with Gasteiger partial charge in [0.05, 0.1) is 0 Å². The maximum atomic E-state index is 6.18. The Morgan fingerprint density at radius 2 is 2.00 bits per heavy atom. The van der Waals surface area contributed by atoms with E-state index < -0.39 is 0 Å². The Morgan fingerprint density at radius 1 is 1.35 bits per heavy atom. The molecule has 0 saturated carbocycles. The van der Waals surface area contributed by atoms with Gasteiger partial charge in [-0.05, 0) is 57.6 Å². The van der Waals surface area contributed by atoms with E-state index in [0.717, 1.165) is 53.5 Å². The Kier molecular flexibility index (Phi) is 4.95. The molecule has 0 aliphatic carbocycles. The van der Waals surface area contributed by atoms with E-state index >= 15 is 0 Å². The number of benzene rings is 1. The van der Waals surface area contributed by atoms with Gasteiger partial charge in [0.25, 0.3) is 0 Å². The van der Waals surface area contributed by atoms with E-state index in [2.05, 4.69) is 36.1 Å². The maximum absolute atomic E-state index is 6.18. The second-order valence-electron chi connectivity index (χ2n) is 5.60. The van der Waals surface area contributed by atoms with Gasteiger partial charge in [-0.1, -0.05) is 18.2 Å². The predicted molar refractivity (Wildman–Crippen MR) is 88.4 cm³/mol. The van der Waals surface area contributed by atoms with Crippen LogP contribution in [0.25, 0.3) is 5.70 Å². The molecule has 1 saturated heterocycles. The minimum Gasteiger partial charge on any atom is -0.387 e. The van der Waals surface area contributed by atoms with Crippen LogP contribution in [0.4, 0.5) is 5.69 Å². The third-order valence-electron chi connectivity index (χ3n) is 3.97. The van der Waals surface area contributed by atoms with Gasteiger partial charge in [0.2, 0.25) is 0 Å². The van der Waals surface area contributed by atoms with Crippen molar-refractivity contribution in [2.45, 2.75) is 25.8 Å². The number of hydrogen-bond donors (Lipinski definition) is 2. The van der Waals surface area contributed by atoms with Gasteiger partial charge in [0.15, 0.2) is 0 Å². The van der Waals surface area contributed by atoms with Crippen molar-refractivity contribution < 1.29 is 0 Å². The van der Waals surface area contributed by atoms with Crippen LogP contribution in [-0.2, 0) is 0 Å². The van der Waals surface area contributed by atoms with Gasteiger partial charge in [0.1, 0.15) is 0 Å². The van der Waals surface area contributed by atoms with Crippen molar-refractivity contribution in [2.24, 2.45) is 0 Å². The summed E-state index contributed by atoms with van der Waals surface area (Å²) in [6.07, 6.45) is 2.31. The van der Waals surface area contributed by atoms with Gasteiger partial charge in [-0.3, -0.25) is 0 Å². The molecule has 1 aliphatic heterocycles. The minimum absolute atomic E-state index is 0.502. The summed E-state index contributed by atoms with van der Waals surface area (Å²) in [6.45, 7) is 8.54. The van der Waals surface area contributed by atoms with Crippen molar-refractivity contribution in [2.75, 3.05) is 32.5 Å². The molecule has 1 aromatic carbocycles. The topological polar surface area (TPSA) is 27.3 Å². The second kappa shape index (κ2) is 6.51. The molecule has 0 bridgehead atoms. The molecule has 20 heavy (non-hydrogen) atoms. The molecule has 1 heterocycles. The lowest BCUT2D eigenvalue weighted by Gasteiger charge is -2.31. The molecule has 3 nitrogen and oxygen atoms in total. The Labute approximate surface area is 127 Å². The summed E-state index contributed by atoms with van der Waals surface area (Å²) in [7, 11) is 4.10. The standard InChI is InChI=1S/C16H24ClN3/c1-11-9-13(17)10-15(16(11)18-3)12(2)19-14-5-7-20(4)8-6-14/h9-10,14,18-19H,2,5-8H2,1,3-4H3. The molecule has 0 atom stereocenters. The van der Waals surface area contributed by atoms with E-state index in [4.69, 9.17) is 11.6 Å². The van der Waals surface area contributed by atoms with Crippen LogP contribution < -0.4 is 10.6 Å². The first-order valence-electron chi connectivity index (χ1n) is 7.13. The molecule has 0 amide bonds. The highest BCUT2D eigenvalue weighted by Crippen LogP contribution is 2.29. The number of likely N-dealkylation sites (tertiary alicyclic amines) is 1. The van der Waals surface area contributed by atoms with Crippen molar-refractivity contribution in [3.8, 4) is 0 Å². The molecule has 0 unspecified atom stereocenters. The largest absolute Gasteiger partial charge is 0.387 e. The quantitative estimate of drug-likeness (QED) is 0.891. The lowest BCUT2D eigenvalue weighted by molar-refractivity contribution is 0.245. The van der Waals surface area contributed by atoms with Crippen molar-refractivity contribution in [3.63, 3.8) is 0 Å². The lowest BCUT2D eigenvalue weighted by Crippen LogP contribution is -2.40. The van der Waals surface area contributed by atoms with Crippen molar-refractivity contribution in [1.29, 1.82) is 0 Å². The monoisotopic (exact) mass is 293 g/mol. The fraction of sp³-hybridized carbons (Fsp3) is 0.500. The van der Waals surface area contributed by atoms with Crippen LogP contribution in [0.1, 0.15) is 24.0 Å². The van der Waals surface area contributed by atoms with Crippen molar-refractivity contribution >= 4 is 23.0 Å². The van der Waals surface area contributed by atoms with Crippen LogP contribution in [0.15, 0.2) is 18.7 Å². The lowest BCUT2D eigenvalue weighted by atomic mass is 10.0. The Hall–Kier alpha value is -1.19. The fourth-order valence-corrected chi connectivity index (χ4v) is 3.06. The van der Waals surface area contributed by atoms with Gasteiger partial charge in [-0.15, -0.1) is 0 Å². The summed E-state index contributed by atoms with van der Waals surface area (Å²) in [5.74, 6) is 0. The van der Waals surface area contributed by atoms with Crippen molar-refractivity contribution in [3.05, 3.63) is 34.9 Å². The summed E-state index contributed by atoms with van der Waals surface area (Å²) in [4.78, 5) is 2.36. The normalized spacial score (nSPS) is 17.0. The summed E-state index contributed by atoms with van der Waals surface area (Å²) in [6, 6.07) is 4.45. The average molecular weight is 294 g/mol. The van der Waals surface area contributed by atoms with Crippen LogP contribution in [0, 0.1) is 6.92 Å². The van der Waals surface area contributed by atoms with Gasteiger partial charge in [-0.25, -0.2) is 0 Å². The van der Waals surface area contributed by atoms with Crippen LogP contribution in [0.3, 0.4) is 0 Å². The van der Waals surface area contributed by atoms with Gasteiger partial charge in [-0.2, -0.15) is 0 Å². The third-order valence-corrected chi connectivity index (χ3v) is 4.19. The van der Waals surface area contributed by atoms with E-state index in [9.17, 15) is 0 Å². The first-order chi connectivity index (χ1) is 9.51. The molecule has 110 valence electrons. The molecule has 1 aliphatic rings. The smallest absolute Gasteiger partial charge is 0.0462 e. The van der Waals surface area contributed by atoms with Crippen LogP contribution in [0.5, 0.6) is 0 Å². The second-order valence-corrected chi connectivity index (χ2v) is 6.03. The number of piperidine rings is 1. The van der Waals surface area contributed by atoms with Crippen LogP contribution in [-0.4, -0.2) is 38.1 Å². The average Bonchev–Trinajstić information content (AvgIpc) is 2.40. The van der Waals surface area contributed by atoms with Gasteiger partial charge >= 0.3 is 0 Å². The van der Waals surface area contributed by atoms with E-state index in [-0.39, 0.29) is 0 Å².